The van der Waals surface area contributed by atoms with Crippen LogP contribution in [0, 0.1) is 24.7 Å². The van der Waals surface area contributed by atoms with E-state index in [1.165, 1.54) is 30.4 Å². The Kier molecular flexibility index (Phi) is 6.68. The molecular formula is C24H27NO2. The average Bonchev–Trinajstić information content (AvgIpc) is 3.50. The number of hydrogen-bond acceptors (Lipinski definition) is 3. The van der Waals surface area contributed by atoms with Gasteiger partial charge < -0.3 is 10.1 Å². The van der Waals surface area contributed by atoms with E-state index in [0.717, 1.165) is 30.1 Å². The first-order valence-corrected chi connectivity index (χ1v) is 9.75. The first-order chi connectivity index (χ1) is 13.2. The summed E-state index contributed by atoms with van der Waals surface area (Å²) in [5, 5.41) is 3.54. The molecule has 0 aromatic heterocycles. The fourth-order valence-corrected chi connectivity index (χ4v) is 2.96. The lowest BCUT2D eigenvalue weighted by atomic mass is 10.0. The quantitative estimate of drug-likeness (QED) is 0.449. The highest BCUT2D eigenvalue weighted by molar-refractivity contribution is 5.89. The van der Waals surface area contributed by atoms with E-state index in [-0.39, 0.29) is 5.97 Å². The van der Waals surface area contributed by atoms with E-state index < -0.39 is 0 Å². The van der Waals surface area contributed by atoms with Crippen LogP contribution in [-0.4, -0.2) is 19.1 Å². The summed E-state index contributed by atoms with van der Waals surface area (Å²) in [6.07, 6.45) is 4.14. The van der Waals surface area contributed by atoms with Crippen molar-refractivity contribution >= 4 is 5.97 Å². The Bertz CT molecular complexity index is 839. The van der Waals surface area contributed by atoms with Crippen LogP contribution in [0.4, 0.5) is 0 Å². The van der Waals surface area contributed by atoms with E-state index in [4.69, 9.17) is 4.74 Å². The predicted octanol–water partition coefficient (Wildman–Crippen LogP) is 4.46. The Hall–Kier alpha value is -2.57. The van der Waals surface area contributed by atoms with Crippen LogP contribution in [-0.2, 0) is 11.3 Å². The molecule has 1 N–H and O–H groups in total. The number of nitrogens with one attached hydrogen (secondary N) is 1. The van der Waals surface area contributed by atoms with Crippen LogP contribution in [0.25, 0.3) is 0 Å². The van der Waals surface area contributed by atoms with Crippen molar-refractivity contribution in [2.24, 2.45) is 5.92 Å². The predicted molar refractivity (Wildman–Crippen MR) is 109 cm³/mol. The molecule has 27 heavy (non-hydrogen) atoms. The summed E-state index contributed by atoms with van der Waals surface area (Å²) in [6, 6.07) is 13.6. The number of esters is 1. The minimum atomic E-state index is -0.297. The Morgan fingerprint density at radius 1 is 1.11 bits per heavy atom. The van der Waals surface area contributed by atoms with Crippen molar-refractivity contribution in [3.63, 3.8) is 0 Å². The highest BCUT2D eigenvalue weighted by atomic mass is 16.5. The summed E-state index contributed by atoms with van der Waals surface area (Å²) < 4.78 is 4.99. The van der Waals surface area contributed by atoms with Crippen LogP contribution >= 0.6 is 0 Å². The van der Waals surface area contributed by atoms with Crippen molar-refractivity contribution in [3.8, 4) is 11.8 Å². The maximum atomic E-state index is 11.7. The number of ether oxygens (including phenoxy) is 1. The Labute approximate surface area is 162 Å². The van der Waals surface area contributed by atoms with E-state index in [1.807, 2.05) is 12.1 Å². The highest BCUT2D eigenvalue weighted by Gasteiger charge is 2.19. The molecule has 1 aliphatic rings. The van der Waals surface area contributed by atoms with Gasteiger partial charge in [-0.05, 0) is 80.3 Å². The topological polar surface area (TPSA) is 38.3 Å². The van der Waals surface area contributed by atoms with E-state index >= 15 is 0 Å². The number of aryl methyl sites for hydroxylation is 1. The molecule has 0 atom stereocenters. The van der Waals surface area contributed by atoms with Crippen LogP contribution in [0.1, 0.15) is 58.8 Å². The number of benzene rings is 2. The number of hydrogen-bond donors (Lipinski definition) is 1. The van der Waals surface area contributed by atoms with Gasteiger partial charge in [-0.2, -0.15) is 0 Å². The van der Waals surface area contributed by atoms with Gasteiger partial charge >= 0.3 is 5.97 Å². The zero-order valence-corrected chi connectivity index (χ0v) is 16.2. The van der Waals surface area contributed by atoms with Crippen molar-refractivity contribution in [1.29, 1.82) is 0 Å². The van der Waals surface area contributed by atoms with Crippen LogP contribution in [0.2, 0.25) is 0 Å². The van der Waals surface area contributed by atoms with Gasteiger partial charge in [-0.1, -0.05) is 30.7 Å². The molecule has 0 unspecified atom stereocenters. The van der Waals surface area contributed by atoms with Gasteiger partial charge in [0.15, 0.2) is 0 Å². The normalized spacial score (nSPS) is 13.0. The summed E-state index contributed by atoms with van der Waals surface area (Å²) in [6.45, 7) is 6.34. The summed E-state index contributed by atoms with van der Waals surface area (Å²) in [5.41, 5.74) is 5.03. The lowest BCUT2D eigenvalue weighted by molar-refractivity contribution is 0.0526. The molecule has 1 aliphatic carbocycles. The van der Waals surface area contributed by atoms with Crippen molar-refractivity contribution < 1.29 is 9.53 Å². The molecule has 1 saturated carbocycles. The van der Waals surface area contributed by atoms with Crippen LogP contribution in [0.5, 0.6) is 0 Å². The average molecular weight is 361 g/mol. The van der Waals surface area contributed by atoms with Gasteiger partial charge in [-0.3, -0.25) is 0 Å². The van der Waals surface area contributed by atoms with Gasteiger partial charge in [0.05, 0.1) is 12.2 Å². The number of rotatable bonds is 7. The molecule has 0 bridgehead atoms. The molecule has 0 spiro atoms. The third kappa shape index (κ3) is 5.98. The zero-order chi connectivity index (χ0) is 19.1. The number of carbonyl (C=O) groups is 1. The van der Waals surface area contributed by atoms with Gasteiger partial charge in [0.25, 0.3) is 0 Å². The first-order valence-electron chi connectivity index (χ1n) is 9.75. The molecule has 2 aromatic carbocycles. The van der Waals surface area contributed by atoms with Crippen LogP contribution in [0.15, 0.2) is 42.5 Å². The van der Waals surface area contributed by atoms with Gasteiger partial charge in [-0.15, -0.1) is 0 Å². The molecule has 0 radical (unpaired) electrons. The van der Waals surface area contributed by atoms with Crippen LogP contribution in [0.3, 0.4) is 0 Å². The van der Waals surface area contributed by atoms with E-state index in [0.29, 0.717) is 12.2 Å². The first kappa shape index (κ1) is 19.2. The molecule has 0 heterocycles. The van der Waals surface area contributed by atoms with Crippen LogP contribution < -0.4 is 5.32 Å². The molecule has 2 aromatic rings. The summed E-state index contributed by atoms with van der Waals surface area (Å²) in [5.74, 6) is 7.04. The monoisotopic (exact) mass is 361 g/mol. The van der Waals surface area contributed by atoms with Crippen molar-refractivity contribution in [2.45, 2.75) is 39.7 Å². The minimum absolute atomic E-state index is 0.297. The summed E-state index contributed by atoms with van der Waals surface area (Å²) in [7, 11) is 0. The zero-order valence-electron chi connectivity index (χ0n) is 16.2. The maximum Gasteiger partial charge on any atom is 0.338 e. The molecule has 3 nitrogen and oxygen atoms in total. The molecule has 3 heteroatoms. The smallest absolute Gasteiger partial charge is 0.338 e. The third-order valence-corrected chi connectivity index (χ3v) is 4.83. The highest BCUT2D eigenvalue weighted by Crippen LogP contribution is 2.31. The van der Waals surface area contributed by atoms with E-state index in [2.05, 4.69) is 42.3 Å². The summed E-state index contributed by atoms with van der Waals surface area (Å²) >= 11 is 0. The largest absolute Gasteiger partial charge is 0.462 e. The molecule has 0 aliphatic heterocycles. The van der Waals surface area contributed by atoms with Gasteiger partial charge in [-0.25, -0.2) is 4.79 Å². The van der Waals surface area contributed by atoms with Gasteiger partial charge in [0, 0.05) is 17.7 Å². The molecular weight excluding hydrogens is 334 g/mol. The molecule has 1 fully saturated rings. The van der Waals surface area contributed by atoms with E-state index in [1.54, 1.807) is 19.1 Å². The molecule has 0 amide bonds. The van der Waals surface area contributed by atoms with Gasteiger partial charge in [0.2, 0.25) is 0 Å². The number of carbonyl (C=O) groups excluding carboxylic acids is 1. The second kappa shape index (κ2) is 9.39. The molecule has 3 rings (SSSR count). The SMILES string of the molecule is CCOC(=O)c1ccc(C#Cc2ccc(CNCCC3CC3)c(C)c2)cc1. The lowest BCUT2D eigenvalue weighted by Crippen LogP contribution is -2.15. The Morgan fingerprint density at radius 2 is 1.81 bits per heavy atom. The molecule has 140 valence electrons. The molecule has 0 saturated heterocycles. The second-order valence-electron chi connectivity index (χ2n) is 7.10. The lowest BCUT2D eigenvalue weighted by Gasteiger charge is -2.08. The Morgan fingerprint density at radius 3 is 2.48 bits per heavy atom. The second-order valence-corrected chi connectivity index (χ2v) is 7.10. The van der Waals surface area contributed by atoms with Gasteiger partial charge in [0.1, 0.15) is 0 Å². The maximum absolute atomic E-state index is 11.7. The Balaban J connectivity index is 1.57. The fourth-order valence-electron chi connectivity index (χ4n) is 2.96. The van der Waals surface area contributed by atoms with Crippen molar-refractivity contribution in [1.82, 2.24) is 5.32 Å². The summed E-state index contributed by atoms with van der Waals surface area (Å²) in [4.78, 5) is 11.7. The van der Waals surface area contributed by atoms with Crippen molar-refractivity contribution in [2.75, 3.05) is 13.2 Å². The third-order valence-electron chi connectivity index (χ3n) is 4.83. The van der Waals surface area contributed by atoms with Crippen molar-refractivity contribution in [3.05, 3.63) is 70.3 Å². The van der Waals surface area contributed by atoms with E-state index in [9.17, 15) is 4.79 Å². The standard InChI is InChI=1S/C24H27NO2/c1-3-27-24(26)22-11-8-19(9-12-22)6-7-21-10-13-23(18(2)16-21)17-25-15-14-20-4-5-20/h8-13,16,20,25H,3-5,14-15,17H2,1-2H3. The minimum Gasteiger partial charge on any atom is -0.462 e. The fraction of sp³-hybridized carbons (Fsp3) is 0.375.